The average Bonchev–Trinajstić information content (AvgIpc) is 2.53. The zero-order valence-corrected chi connectivity index (χ0v) is 14.8. The summed E-state index contributed by atoms with van der Waals surface area (Å²) >= 11 is 0. The van der Waals surface area contributed by atoms with Gasteiger partial charge in [-0.25, -0.2) is 0 Å². The molecule has 2 N–H and O–H groups in total. The van der Waals surface area contributed by atoms with Crippen LogP contribution in [0.2, 0.25) is 0 Å². The van der Waals surface area contributed by atoms with Crippen molar-refractivity contribution in [2.45, 2.75) is 19.8 Å². The summed E-state index contributed by atoms with van der Waals surface area (Å²) in [5.74, 6) is 0.880. The molecule has 0 saturated carbocycles. The Kier molecular flexibility index (Phi) is 6.63. The first-order valence-corrected chi connectivity index (χ1v) is 8.50. The lowest BCUT2D eigenvalue weighted by atomic mass is 9.87. The van der Waals surface area contributed by atoms with Crippen LogP contribution >= 0.6 is 12.4 Å². The van der Waals surface area contributed by atoms with Crippen LogP contribution in [0.4, 0.5) is 5.69 Å². The third-order valence-corrected chi connectivity index (χ3v) is 5.13. The molecule has 1 aromatic carbocycles. The topological polar surface area (TPSA) is 61.4 Å². The second-order valence-corrected chi connectivity index (χ2v) is 6.66. The Balaban J connectivity index is 0.00000208. The van der Waals surface area contributed by atoms with Crippen molar-refractivity contribution in [3.8, 4) is 0 Å². The minimum absolute atomic E-state index is 0. The molecule has 0 spiro atoms. The highest BCUT2D eigenvalue weighted by atomic mass is 35.5. The monoisotopic (exact) mass is 351 g/mol. The number of anilines is 1. The Labute approximate surface area is 149 Å². The molecule has 2 saturated heterocycles. The summed E-state index contributed by atoms with van der Waals surface area (Å²) in [4.78, 5) is 26.8. The van der Waals surface area contributed by atoms with Crippen molar-refractivity contribution >= 4 is 29.9 Å². The summed E-state index contributed by atoms with van der Waals surface area (Å²) in [6, 6.07) is 9.54. The lowest BCUT2D eigenvalue weighted by molar-refractivity contribution is -0.140. The number of hydrogen-bond donors (Lipinski definition) is 2. The summed E-state index contributed by atoms with van der Waals surface area (Å²) in [5.41, 5.74) is 0.835. The SMILES string of the molecule is CC(C(=O)N1CCC(C(=O)Nc2ccccc2)CC1)C1CNC1.Cl. The number of likely N-dealkylation sites (tertiary alicyclic amines) is 1. The van der Waals surface area contributed by atoms with E-state index < -0.39 is 0 Å². The quantitative estimate of drug-likeness (QED) is 0.873. The second-order valence-electron chi connectivity index (χ2n) is 6.66. The molecule has 3 rings (SSSR count). The summed E-state index contributed by atoms with van der Waals surface area (Å²) in [6.45, 7) is 5.31. The number of rotatable bonds is 4. The highest BCUT2D eigenvalue weighted by Gasteiger charge is 2.34. The molecule has 132 valence electrons. The van der Waals surface area contributed by atoms with E-state index in [1.807, 2.05) is 42.2 Å². The number of piperidine rings is 1. The highest BCUT2D eigenvalue weighted by molar-refractivity contribution is 5.92. The number of halogens is 1. The van der Waals surface area contributed by atoms with Gasteiger partial charge in [-0.3, -0.25) is 9.59 Å². The van der Waals surface area contributed by atoms with Gasteiger partial charge in [-0.05, 0) is 44.0 Å². The predicted molar refractivity (Wildman–Crippen MR) is 97.1 cm³/mol. The zero-order chi connectivity index (χ0) is 16.2. The molecule has 2 heterocycles. The normalized spacial score (nSPS) is 19.8. The van der Waals surface area contributed by atoms with Crippen LogP contribution in [-0.2, 0) is 9.59 Å². The third kappa shape index (κ3) is 4.28. The van der Waals surface area contributed by atoms with E-state index >= 15 is 0 Å². The van der Waals surface area contributed by atoms with Crippen LogP contribution in [0.1, 0.15) is 19.8 Å². The summed E-state index contributed by atoms with van der Waals surface area (Å²) in [7, 11) is 0. The molecule has 5 nitrogen and oxygen atoms in total. The molecule has 2 amide bonds. The van der Waals surface area contributed by atoms with Gasteiger partial charge in [-0.15, -0.1) is 12.4 Å². The maximum Gasteiger partial charge on any atom is 0.227 e. The van der Waals surface area contributed by atoms with Crippen LogP contribution in [0.5, 0.6) is 0 Å². The molecule has 0 bridgehead atoms. The maximum atomic E-state index is 12.5. The maximum absolute atomic E-state index is 12.5. The van der Waals surface area contributed by atoms with E-state index in [0.29, 0.717) is 19.0 Å². The van der Waals surface area contributed by atoms with Gasteiger partial charge in [0.15, 0.2) is 0 Å². The largest absolute Gasteiger partial charge is 0.342 e. The van der Waals surface area contributed by atoms with Crippen LogP contribution in [-0.4, -0.2) is 42.9 Å². The summed E-state index contributed by atoms with van der Waals surface area (Å²) < 4.78 is 0. The third-order valence-electron chi connectivity index (χ3n) is 5.13. The fraction of sp³-hybridized carbons (Fsp3) is 0.556. The van der Waals surface area contributed by atoms with Crippen LogP contribution in [0.3, 0.4) is 0 Å². The van der Waals surface area contributed by atoms with Crippen molar-refractivity contribution in [3.63, 3.8) is 0 Å². The van der Waals surface area contributed by atoms with Crippen molar-refractivity contribution in [2.75, 3.05) is 31.5 Å². The van der Waals surface area contributed by atoms with Crippen molar-refractivity contribution in [1.29, 1.82) is 0 Å². The van der Waals surface area contributed by atoms with E-state index in [9.17, 15) is 9.59 Å². The number of carbonyl (C=O) groups is 2. The molecule has 0 radical (unpaired) electrons. The van der Waals surface area contributed by atoms with Gasteiger partial charge in [0.25, 0.3) is 0 Å². The van der Waals surface area contributed by atoms with Crippen LogP contribution in [0.25, 0.3) is 0 Å². The Hall–Kier alpha value is -1.59. The highest BCUT2D eigenvalue weighted by Crippen LogP contribution is 2.24. The molecule has 2 fully saturated rings. The predicted octanol–water partition coefficient (Wildman–Crippen LogP) is 2.14. The smallest absolute Gasteiger partial charge is 0.227 e. The van der Waals surface area contributed by atoms with Crippen molar-refractivity contribution < 1.29 is 9.59 Å². The summed E-state index contributed by atoms with van der Waals surface area (Å²) in [5, 5.41) is 6.19. The summed E-state index contributed by atoms with van der Waals surface area (Å²) in [6.07, 6.45) is 1.50. The standard InChI is InChI=1S/C18H25N3O2.ClH/c1-13(15-11-19-12-15)18(23)21-9-7-14(8-10-21)17(22)20-16-5-3-2-4-6-16;/h2-6,13-15,19H,7-12H2,1H3,(H,20,22);1H. The fourth-order valence-electron chi connectivity index (χ4n) is 3.28. The average molecular weight is 352 g/mol. The van der Waals surface area contributed by atoms with Gasteiger partial charge >= 0.3 is 0 Å². The molecule has 1 atom stereocenters. The van der Waals surface area contributed by atoms with E-state index in [2.05, 4.69) is 10.6 Å². The van der Waals surface area contributed by atoms with Crippen LogP contribution in [0, 0.1) is 17.8 Å². The molecule has 24 heavy (non-hydrogen) atoms. The number of amides is 2. The van der Waals surface area contributed by atoms with E-state index in [4.69, 9.17) is 0 Å². The Morgan fingerprint density at radius 3 is 2.33 bits per heavy atom. The van der Waals surface area contributed by atoms with Gasteiger partial charge in [-0.2, -0.15) is 0 Å². The van der Waals surface area contributed by atoms with Gasteiger partial charge in [0.1, 0.15) is 0 Å². The molecule has 2 aliphatic rings. The van der Waals surface area contributed by atoms with Gasteiger partial charge in [-0.1, -0.05) is 25.1 Å². The minimum Gasteiger partial charge on any atom is -0.342 e. The van der Waals surface area contributed by atoms with E-state index in [1.54, 1.807) is 0 Å². The first-order chi connectivity index (χ1) is 11.1. The van der Waals surface area contributed by atoms with E-state index in [0.717, 1.165) is 31.6 Å². The van der Waals surface area contributed by atoms with Crippen molar-refractivity contribution in [2.24, 2.45) is 17.8 Å². The molecule has 0 aliphatic carbocycles. The van der Waals surface area contributed by atoms with Crippen molar-refractivity contribution in [1.82, 2.24) is 10.2 Å². The number of para-hydroxylation sites is 1. The fourth-order valence-corrected chi connectivity index (χ4v) is 3.28. The number of benzene rings is 1. The lowest BCUT2D eigenvalue weighted by Crippen LogP contribution is -2.52. The zero-order valence-electron chi connectivity index (χ0n) is 14.0. The number of hydrogen-bond acceptors (Lipinski definition) is 3. The molecule has 0 aromatic heterocycles. The second kappa shape index (κ2) is 8.49. The van der Waals surface area contributed by atoms with Gasteiger partial charge in [0.2, 0.25) is 11.8 Å². The molecule has 6 heteroatoms. The van der Waals surface area contributed by atoms with Crippen LogP contribution < -0.4 is 10.6 Å². The first kappa shape index (κ1) is 18.7. The lowest BCUT2D eigenvalue weighted by Gasteiger charge is -2.37. The minimum atomic E-state index is -0.0000633. The Morgan fingerprint density at radius 1 is 1.17 bits per heavy atom. The van der Waals surface area contributed by atoms with Crippen molar-refractivity contribution in [3.05, 3.63) is 30.3 Å². The number of nitrogens with one attached hydrogen (secondary N) is 2. The van der Waals surface area contributed by atoms with Gasteiger partial charge < -0.3 is 15.5 Å². The Bertz CT molecular complexity index is 555. The molecule has 2 aliphatic heterocycles. The van der Waals surface area contributed by atoms with Gasteiger partial charge in [0.05, 0.1) is 0 Å². The van der Waals surface area contributed by atoms with Crippen LogP contribution in [0.15, 0.2) is 30.3 Å². The number of nitrogens with zero attached hydrogens (tertiary/aromatic N) is 1. The van der Waals surface area contributed by atoms with Gasteiger partial charge in [0, 0.05) is 30.6 Å². The van der Waals surface area contributed by atoms with E-state index in [1.165, 1.54) is 0 Å². The number of carbonyl (C=O) groups excluding carboxylic acids is 2. The molecule has 1 aromatic rings. The first-order valence-electron chi connectivity index (χ1n) is 8.50. The van der Waals surface area contributed by atoms with E-state index in [-0.39, 0.29) is 36.1 Å². The molecular formula is C18H26ClN3O2. The Morgan fingerprint density at radius 2 is 1.79 bits per heavy atom. The molecular weight excluding hydrogens is 326 g/mol. The molecule has 1 unspecified atom stereocenters.